The van der Waals surface area contributed by atoms with Gasteiger partial charge in [-0.2, -0.15) is 0 Å². The maximum atomic E-state index is 11.3. The van der Waals surface area contributed by atoms with Crippen LogP contribution in [0.1, 0.15) is 15.9 Å². The molecule has 2 aromatic rings. The summed E-state index contributed by atoms with van der Waals surface area (Å²) < 4.78 is 0.975. The van der Waals surface area contributed by atoms with Crippen molar-refractivity contribution in [3.8, 4) is 0 Å². The Morgan fingerprint density at radius 2 is 2.19 bits per heavy atom. The monoisotopic (exact) mass is 370 g/mol. The smallest absolute Gasteiger partial charge is 0.337 e. The number of hydrogen-bond donors (Lipinski definition) is 1. The Bertz CT molecular complexity index is 701. The molecule has 0 atom stereocenters. The number of carbonyl (C=O) groups is 1. The van der Waals surface area contributed by atoms with Gasteiger partial charge in [0.25, 0.3) is 5.69 Å². The molecule has 0 amide bonds. The zero-order chi connectivity index (χ0) is 15.6. The number of thiophene rings is 1. The Morgan fingerprint density at radius 3 is 2.71 bits per heavy atom. The summed E-state index contributed by atoms with van der Waals surface area (Å²) in [5.41, 5.74) is 1.22. The number of nitrogens with zero attached hydrogens (tertiary/aromatic N) is 2. The molecule has 6 nitrogen and oxygen atoms in total. The van der Waals surface area contributed by atoms with Crippen molar-refractivity contribution in [3.63, 3.8) is 0 Å². The molecule has 21 heavy (non-hydrogen) atoms. The summed E-state index contributed by atoms with van der Waals surface area (Å²) in [4.78, 5) is 23.3. The number of nitro benzene ring substituents is 1. The van der Waals surface area contributed by atoms with Crippen molar-refractivity contribution < 1.29 is 14.8 Å². The summed E-state index contributed by atoms with van der Waals surface area (Å²) in [7, 11) is 1.71. The number of halogens is 1. The zero-order valence-corrected chi connectivity index (χ0v) is 13.3. The Morgan fingerprint density at radius 1 is 1.48 bits per heavy atom. The largest absolute Gasteiger partial charge is 0.478 e. The van der Waals surface area contributed by atoms with Crippen LogP contribution in [0, 0.1) is 10.1 Å². The minimum atomic E-state index is -1.11. The molecule has 110 valence electrons. The van der Waals surface area contributed by atoms with Gasteiger partial charge >= 0.3 is 5.97 Å². The number of anilines is 1. The first kappa shape index (κ1) is 15.5. The second-order valence-electron chi connectivity index (χ2n) is 4.38. The Kier molecular flexibility index (Phi) is 4.59. The number of hydrogen-bond acceptors (Lipinski definition) is 5. The fourth-order valence-corrected chi connectivity index (χ4v) is 3.12. The number of non-ortho nitro benzene ring substituents is 1. The third-order valence-electron chi connectivity index (χ3n) is 2.88. The minimum absolute atomic E-state index is 0.0393. The van der Waals surface area contributed by atoms with Crippen LogP contribution in [0.25, 0.3) is 0 Å². The number of rotatable bonds is 5. The quantitative estimate of drug-likeness (QED) is 0.639. The zero-order valence-electron chi connectivity index (χ0n) is 10.9. The molecule has 1 aromatic carbocycles. The first-order valence-corrected chi connectivity index (χ1v) is 7.51. The molecular weight excluding hydrogens is 360 g/mol. The molecule has 8 heteroatoms. The second-order valence-corrected chi connectivity index (χ2v) is 6.67. The molecule has 0 spiro atoms. The number of carboxylic acids is 1. The van der Waals surface area contributed by atoms with Gasteiger partial charge in [0, 0.05) is 25.7 Å². The molecule has 0 saturated carbocycles. The van der Waals surface area contributed by atoms with Crippen LogP contribution in [0.3, 0.4) is 0 Å². The Balaban J connectivity index is 2.37. The minimum Gasteiger partial charge on any atom is -0.478 e. The predicted molar refractivity (Wildman–Crippen MR) is 84.2 cm³/mol. The van der Waals surface area contributed by atoms with Crippen molar-refractivity contribution in [1.82, 2.24) is 0 Å². The molecule has 1 N–H and O–H groups in total. The highest BCUT2D eigenvalue weighted by molar-refractivity contribution is 9.11. The first-order valence-electron chi connectivity index (χ1n) is 5.84. The van der Waals surface area contributed by atoms with Crippen molar-refractivity contribution in [2.75, 3.05) is 11.9 Å². The molecule has 0 aliphatic rings. The lowest BCUT2D eigenvalue weighted by Gasteiger charge is -2.20. The summed E-state index contributed by atoms with van der Waals surface area (Å²) >= 11 is 4.89. The van der Waals surface area contributed by atoms with Gasteiger partial charge in [-0.1, -0.05) is 0 Å². The van der Waals surface area contributed by atoms with E-state index in [0.29, 0.717) is 12.2 Å². The summed E-state index contributed by atoms with van der Waals surface area (Å²) in [6, 6.07) is 5.67. The second kappa shape index (κ2) is 6.23. The molecule has 1 heterocycles. The van der Waals surface area contributed by atoms with Crippen LogP contribution in [0.5, 0.6) is 0 Å². The van der Waals surface area contributed by atoms with E-state index in [2.05, 4.69) is 15.9 Å². The van der Waals surface area contributed by atoms with Crippen molar-refractivity contribution in [1.29, 1.82) is 0 Å². The van der Waals surface area contributed by atoms with E-state index in [4.69, 9.17) is 0 Å². The van der Waals surface area contributed by atoms with Crippen LogP contribution in [0.15, 0.2) is 33.4 Å². The number of aromatic carboxylic acids is 1. The van der Waals surface area contributed by atoms with Gasteiger partial charge in [0.15, 0.2) is 0 Å². The van der Waals surface area contributed by atoms with Gasteiger partial charge in [-0.25, -0.2) is 4.79 Å². The molecule has 0 aliphatic carbocycles. The molecule has 2 rings (SSSR count). The lowest BCUT2D eigenvalue weighted by atomic mass is 10.1. The van der Waals surface area contributed by atoms with Gasteiger partial charge in [0.2, 0.25) is 0 Å². The van der Waals surface area contributed by atoms with E-state index in [1.807, 2.05) is 11.4 Å². The number of carboxylic acid groups (broad SMARTS) is 1. The summed E-state index contributed by atoms with van der Waals surface area (Å²) in [6.45, 7) is 0.462. The third kappa shape index (κ3) is 3.59. The van der Waals surface area contributed by atoms with E-state index >= 15 is 0 Å². The van der Waals surface area contributed by atoms with Gasteiger partial charge in [-0.3, -0.25) is 10.1 Å². The van der Waals surface area contributed by atoms with Crippen molar-refractivity contribution in [3.05, 3.63) is 54.7 Å². The standard InChI is InChI=1S/C13H11BrN2O4S/c1-15(6-8-4-12(14)21-7-8)11-5-9(16(19)20)2-3-10(11)13(17)18/h2-5,7H,6H2,1H3,(H,17,18). The topological polar surface area (TPSA) is 83.7 Å². The highest BCUT2D eigenvalue weighted by Gasteiger charge is 2.18. The highest BCUT2D eigenvalue weighted by Crippen LogP contribution is 2.28. The fraction of sp³-hybridized carbons (Fsp3) is 0.154. The van der Waals surface area contributed by atoms with Gasteiger partial charge in [0.1, 0.15) is 0 Å². The van der Waals surface area contributed by atoms with Crippen molar-refractivity contribution in [2.24, 2.45) is 0 Å². The van der Waals surface area contributed by atoms with E-state index in [0.717, 1.165) is 9.35 Å². The molecule has 0 aliphatic heterocycles. The van der Waals surface area contributed by atoms with Gasteiger partial charge in [0.05, 0.1) is 20.0 Å². The third-order valence-corrected chi connectivity index (χ3v) is 4.43. The highest BCUT2D eigenvalue weighted by atomic mass is 79.9. The van der Waals surface area contributed by atoms with Gasteiger partial charge < -0.3 is 10.0 Å². The van der Waals surface area contributed by atoms with Crippen molar-refractivity contribution >= 4 is 44.6 Å². The van der Waals surface area contributed by atoms with Crippen LogP contribution in [0.4, 0.5) is 11.4 Å². The van der Waals surface area contributed by atoms with Crippen LogP contribution in [-0.4, -0.2) is 23.0 Å². The van der Waals surface area contributed by atoms with Crippen LogP contribution in [-0.2, 0) is 6.54 Å². The number of nitro groups is 1. The summed E-state index contributed by atoms with van der Waals surface area (Å²) in [6.07, 6.45) is 0. The molecule has 0 unspecified atom stereocenters. The summed E-state index contributed by atoms with van der Waals surface area (Å²) in [5, 5.41) is 22.0. The molecule has 0 bridgehead atoms. The first-order chi connectivity index (χ1) is 9.88. The lowest BCUT2D eigenvalue weighted by molar-refractivity contribution is -0.384. The van der Waals surface area contributed by atoms with E-state index in [1.165, 1.54) is 29.5 Å². The molecule has 0 saturated heterocycles. The SMILES string of the molecule is CN(Cc1csc(Br)c1)c1cc([N+](=O)[O-])ccc1C(=O)O. The van der Waals surface area contributed by atoms with Crippen LogP contribution >= 0.6 is 27.3 Å². The van der Waals surface area contributed by atoms with Gasteiger partial charge in [-0.05, 0) is 39.0 Å². The molecule has 1 aromatic heterocycles. The van der Waals surface area contributed by atoms with Crippen LogP contribution in [0.2, 0.25) is 0 Å². The summed E-state index contributed by atoms with van der Waals surface area (Å²) in [5.74, 6) is -1.11. The van der Waals surface area contributed by atoms with Crippen LogP contribution < -0.4 is 4.90 Å². The molecular formula is C13H11BrN2O4S. The Labute approximate surface area is 132 Å². The molecule has 0 radical (unpaired) electrons. The lowest BCUT2D eigenvalue weighted by Crippen LogP contribution is -2.19. The maximum absolute atomic E-state index is 11.3. The maximum Gasteiger partial charge on any atom is 0.337 e. The van der Waals surface area contributed by atoms with E-state index in [9.17, 15) is 20.0 Å². The van der Waals surface area contributed by atoms with E-state index in [1.54, 1.807) is 11.9 Å². The van der Waals surface area contributed by atoms with Gasteiger partial charge in [-0.15, -0.1) is 11.3 Å². The van der Waals surface area contributed by atoms with E-state index in [-0.39, 0.29) is 11.3 Å². The predicted octanol–water partition coefficient (Wildman–Crippen LogP) is 3.75. The molecule has 0 fully saturated rings. The fourth-order valence-electron chi connectivity index (χ4n) is 1.92. The average molecular weight is 371 g/mol. The van der Waals surface area contributed by atoms with Crippen molar-refractivity contribution in [2.45, 2.75) is 6.54 Å². The normalized spacial score (nSPS) is 10.4. The van der Waals surface area contributed by atoms with E-state index < -0.39 is 10.9 Å². The average Bonchev–Trinajstić information content (AvgIpc) is 2.83. The number of benzene rings is 1. The Hall–Kier alpha value is -1.93.